The number of carboxylic acids is 1. The molecule has 0 unspecified atom stereocenters. The summed E-state index contributed by atoms with van der Waals surface area (Å²) in [7, 11) is 1.62. The fourth-order valence-corrected chi connectivity index (χ4v) is 2.65. The Bertz CT molecular complexity index is 862. The molecular formula is C19H21BrN2O4. The Morgan fingerprint density at radius 1 is 1.19 bits per heavy atom. The standard InChI is InChI=1S/C19H20N2O4.BrH/c1-24-15-6-7-16-17(13-15)25-19(20-16)14-8-11-21(12-9-14)10-4-2-3-5-18(22)23;/h6-9,11-13H,2-5,10H2,1H3;1H. The number of fused-ring (bicyclic) bond motifs is 1. The van der Waals surface area contributed by atoms with E-state index >= 15 is 0 Å². The monoisotopic (exact) mass is 420 g/mol. The molecule has 6 nitrogen and oxygen atoms in total. The molecule has 1 N–H and O–H groups in total. The van der Waals surface area contributed by atoms with E-state index in [0.717, 1.165) is 42.6 Å². The normalized spacial score (nSPS) is 10.5. The summed E-state index contributed by atoms with van der Waals surface area (Å²) in [6.07, 6.45) is 6.81. The van der Waals surface area contributed by atoms with Crippen LogP contribution in [0.15, 0.2) is 47.1 Å². The number of unbranched alkanes of at least 4 members (excludes halogenated alkanes) is 2. The van der Waals surface area contributed by atoms with Gasteiger partial charge < -0.3 is 31.2 Å². The van der Waals surface area contributed by atoms with Gasteiger partial charge >= 0.3 is 5.97 Å². The lowest BCUT2D eigenvalue weighted by Gasteiger charge is -1.98. The van der Waals surface area contributed by atoms with Crippen LogP contribution in [-0.2, 0) is 11.3 Å². The van der Waals surface area contributed by atoms with Gasteiger partial charge in [-0.15, -0.1) is 0 Å². The van der Waals surface area contributed by atoms with Crippen molar-refractivity contribution in [3.05, 3.63) is 42.7 Å². The van der Waals surface area contributed by atoms with Gasteiger partial charge in [0.25, 0.3) is 0 Å². The van der Waals surface area contributed by atoms with Crippen LogP contribution in [0, 0.1) is 0 Å². The van der Waals surface area contributed by atoms with Crippen molar-refractivity contribution in [2.75, 3.05) is 7.11 Å². The van der Waals surface area contributed by atoms with E-state index in [1.54, 1.807) is 7.11 Å². The maximum atomic E-state index is 10.5. The number of hydrogen-bond donors (Lipinski definition) is 1. The van der Waals surface area contributed by atoms with Gasteiger partial charge in [0, 0.05) is 36.6 Å². The van der Waals surface area contributed by atoms with Crippen LogP contribution in [0.25, 0.3) is 22.6 Å². The molecule has 7 heteroatoms. The number of nitrogens with zero attached hydrogens (tertiary/aromatic N) is 2. The number of pyridine rings is 1. The minimum Gasteiger partial charge on any atom is -1.00 e. The molecule has 1 aromatic carbocycles. The molecular weight excluding hydrogens is 400 g/mol. The SMILES string of the molecule is COc1ccc2nc(-c3cc[n+](CCCCCC(=O)O)cc3)oc2c1.[Br-]. The second kappa shape index (κ2) is 9.33. The molecule has 0 aliphatic rings. The molecule has 3 aromatic rings. The van der Waals surface area contributed by atoms with E-state index in [-0.39, 0.29) is 23.4 Å². The molecule has 0 spiro atoms. The summed E-state index contributed by atoms with van der Waals surface area (Å²) in [6, 6.07) is 9.50. The molecule has 0 atom stereocenters. The lowest BCUT2D eigenvalue weighted by atomic mass is 10.2. The van der Waals surface area contributed by atoms with Crippen molar-refractivity contribution >= 4 is 17.1 Å². The molecule has 0 saturated carbocycles. The van der Waals surface area contributed by atoms with E-state index in [1.165, 1.54) is 0 Å². The highest BCUT2D eigenvalue weighted by molar-refractivity contribution is 5.77. The van der Waals surface area contributed by atoms with E-state index < -0.39 is 5.97 Å². The molecule has 0 fully saturated rings. The van der Waals surface area contributed by atoms with Crippen LogP contribution in [0.2, 0.25) is 0 Å². The fraction of sp³-hybridized carbons (Fsp3) is 0.316. The van der Waals surface area contributed by atoms with Crippen LogP contribution in [0.1, 0.15) is 25.7 Å². The number of aliphatic carboxylic acids is 1. The number of carboxylic acid groups (broad SMARTS) is 1. The number of aryl methyl sites for hydroxylation is 1. The summed E-state index contributed by atoms with van der Waals surface area (Å²) < 4.78 is 13.1. The van der Waals surface area contributed by atoms with Gasteiger partial charge in [-0.3, -0.25) is 4.79 Å². The minimum absolute atomic E-state index is 0. The second-order valence-electron chi connectivity index (χ2n) is 5.88. The van der Waals surface area contributed by atoms with Crippen LogP contribution >= 0.6 is 0 Å². The maximum absolute atomic E-state index is 10.5. The van der Waals surface area contributed by atoms with Gasteiger partial charge in [0.2, 0.25) is 5.89 Å². The Labute approximate surface area is 162 Å². The van der Waals surface area contributed by atoms with Gasteiger partial charge in [-0.2, -0.15) is 0 Å². The highest BCUT2D eigenvalue weighted by atomic mass is 79.9. The maximum Gasteiger partial charge on any atom is 0.303 e. The molecule has 3 rings (SSSR count). The van der Waals surface area contributed by atoms with Crippen molar-refractivity contribution in [3.8, 4) is 17.2 Å². The summed E-state index contributed by atoms with van der Waals surface area (Å²) in [5, 5.41) is 8.62. The Morgan fingerprint density at radius 3 is 2.65 bits per heavy atom. The quantitative estimate of drug-likeness (QED) is 0.422. The molecule has 0 radical (unpaired) electrons. The third kappa shape index (κ3) is 5.05. The van der Waals surface area contributed by atoms with Crippen LogP contribution in [0.3, 0.4) is 0 Å². The Hall–Kier alpha value is -2.41. The van der Waals surface area contributed by atoms with Gasteiger partial charge in [-0.25, -0.2) is 9.55 Å². The van der Waals surface area contributed by atoms with Gasteiger partial charge in [0.05, 0.1) is 7.11 Å². The van der Waals surface area contributed by atoms with Crippen molar-refractivity contribution in [3.63, 3.8) is 0 Å². The van der Waals surface area contributed by atoms with E-state index in [0.29, 0.717) is 11.5 Å². The van der Waals surface area contributed by atoms with E-state index in [2.05, 4.69) is 9.55 Å². The number of methoxy groups -OCH3 is 1. The first-order valence-electron chi connectivity index (χ1n) is 8.31. The topological polar surface area (TPSA) is 76.4 Å². The summed E-state index contributed by atoms with van der Waals surface area (Å²) in [5.74, 6) is 0.592. The number of benzene rings is 1. The van der Waals surface area contributed by atoms with E-state index in [1.807, 2.05) is 42.7 Å². The van der Waals surface area contributed by atoms with Crippen LogP contribution in [0.5, 0.6) is 5.75 Å². The van der Waals surface area contributed by atoms with Crippen LogP contribution in [0.4, 0.5) is 0 Å². The zero-order valence-corrected chi connectivity index (χ0v) is 16.1. The van der Waals surface area contributed by atoms with Gasteiger partial charge in [0.15, 0.2) is 18.0 Å². The summed E-state index contributed by atoms with van der Waals surface area (Å²) in [5.41, 5.74) is 2.41. The van der Waals surface area contributed by atoms with Crippen molar-refractivity contribution in [2.45, 2.75) is 32.2 Å². The van der Waals surface area contributed by atoms with E-state index in [9.17, 15) is 4.79 Å². The number of hydrogen-bond acceptors (Lipinski definition) is 4. The molecule has 138 valence electrons. The fourth-order valence-electron chi connectivity index (χ4n) is 2.65. The lowest BCUT2D eigenvalue weighted by Crippen LogP contribution is -3.00. The highest BCUT2D eigenvalue weighted by Gasteiger charge is 2.11. The largest absolute Gasteiger partial charge is 1.00 e. The number of aromatic nitrogens is 2. The first kappa shape index (κ1) is 19.9. The number of carbonyl (C=O) groups is 1. The lowest BCUT2D eigenvalue weighted by molar-refractivity contribution is -0.697. The van der Waals surface area contributed by atoms with E-state index in [4.69, 9.17) is 14.3 Å². The minimum atomic E-state index is -0.729. The zero-order chi connectivity index (χ0) is 17.6. The highest BCUT2D eigenvalue weighted by Crippen LogP contribution is 2.26. The molecule has 0 aliphatic carbocycles. The predicted molar refractivity (Wildman–Crippen MR) is 92.3 cm³/mol. The number of ether oxygens (including phenoxy) is 1. The third-order valence-electron chi connectivity index (χ3n) is 4.04. The van der Waals surface area contributed by atoms with Gasteiger partial charge in [0.1, 0.15) is 17.8 Å². The zero-order valence-electron chi connectivity index (χ0n) is 14.5. The average molecular weight is 421 g/mol. The van der Waals surface area contributed by atoms with Crippen molar-refractivity contribution in [2.24, 2.45) is 0 Å². The number of rotatable bonds is 8. The Balaban J connectivity index is 0.00000243. The summed E-state index contributed by atoms with van der Waals surface area (Å²) in [6.45, 7) is 0.866. The second-order valence-corrected chi connectivity index (χ2v) is 5.88. The molecule has 0 amide bonds. The van der Waals surface area contributed by atoms with Crippen LogP contribution < -0.4 is 26.3 Å². The third-order valence-corrected chi connectivity index (χ3v) is 4.04. The summed E-state index contributed by atoms with van der Waals surface area (Å²) in [4.78, 5) is 15.0. The molecule has 0 aliphatic heterocycles. The first-order chi connectivity index (χ1) is 12.2. The molecule has 2 heterocycles. The van der Waals surface area contributed by atoms with Gasteiger partial charge in [-0.05, 0) is 25.0 Å². The Morgan fingerprint density at radius 2 is 1.96 bits per heavy atom. The molecule has 0 saturated heterocycles. The van der Waals surface area contributed by atoms with Crippen molar-refractivity contribution in [1.29, 1.82) is 0 Å². The van der Waals surface area contributed by atoms with Crippen LogP contribution in [-0.4, -0.2) is 23.2 Å². The summed E-state index contributed by atoms with van der Waals surface area (Å²) >= 11 is 0. The molecule has 26 heavy (non-hydrogen) atoms. The van der Waals surface area contributed by atoms with Crippen molar-refractivity contribution in [1.82, 2.24) is 4.98 Å². The number of oxazole rings is 1. The van der Waals surface area contributed by atoms with Crippen molar-refractivity contribution < 1.29 is 40.6 Å². The molecule has 2 aromatic heterocycles. The smallest absolute Gasteiger partial charge is 0.303 e. The Kier molecular flexibility index (Phi) is 7.15. The van der Waals surface area contributed by atoms with Gasteiger partial charge in [-0.1, -0.05) is 0 Å². The molecule has 0 bridgehead atoms. The first-order valence-corrected chi connectivity index (χ1v) is 8.31. The predicted octanol–water partition coefficient (Wildman–Crippen LogP) is 0.440. The number of halogens is 1. The average Bonchev–Trinajstić information content (AvgIpc) is 3.04.